The van der Waals surface area contributed by atoms with Gasteiger partial charge >= 0.3 is 0 Å². The Morgan fingerprint density at radius 1 is 1.07 bits per heavy atom. The topological polar surface area (TPSA) is 38.3 Å². The Bertz CT molecular complexity index is 817. The second-order valence-electron chi connectivity index (χ2n) is 9.54. The van der Waals surface area contributed by atoms with Gasteiger partial charge in [-0.05, 0) is 62.1 Å². The Balaban J connectivity index is 1.95. The van der Waals surface area contributed by atoms with Gasteiger partial charge in [-0.3, -0.25) is 9.97 Å². The fourth-order valence-electron chi connectivity index (χ4n) is 3.90. The van der Waals surface area contributed by atoms with Gasteiger partial charge in [0.2, 0.25) is 0 Å². The number of anilines is 1. The van der Waals surface area contributed by atoms with E-state index < -0.39 is 0 Å². The Morgan fingerprint density at radius 3 is 2.31 bits per heavy atom. The van der Waals surface area contributed by atoms with E-state index >= 15 is 0 Å². The Kier molecular flexibility index (Phi) is 6.50. The van der Waals surface area contributed by atoms with Crippen LogP contribution >= 0.6 is 0 Å². The predicted molar refractivity (Wildman–Crippen MR) is 122 cm³/mol. The van der Waals surface area contributed by atoms with Crippen molar-refractivity contribution in [3.8, 4) is 17.0 Å². The molecule has 0 radical (unpaired) electrons. The lowest BCUT2D eigenvalue weighted by Crippen LogP contribution is -2.38. The number of pyridine rings is 2. The zero-order chi connectivity index (χ0) is 21.2. The summed E-state index contributed by atoms with van der Waals surface area (Å²) in [5.74, 6) is 1.30. The summed E-state index contributed by atoms with van der Waals surface area (Å²) in [6, 6.07) is 4.11. The number of aromatic nitrogens is 2. The minimum Gasteiger partial charge on any atom is -0.489 e. The third kappa shape index (κ3) is 4.91. The smallest absolute Gasteiger partial charge is 0.138 e. The first-order valence-electron chi connectivity index (χ1n) is 11.1. The molecule has 1 aliphatic rings. The maximum atomic E-state index is 6.01. The van der Waals surface area contributed by atoms with E-state index in [9.17, 15) is 0 Å². The number of hydrogen-bond acceptors (Lipinski definition) is 4. The molecule has 2 aromatic heterocycles. The first kappa shape index (κ1) is 21.6. The summed E-state index contributed by atoms with van der Waals surface area (Å²) in [7, 11) is 0. The third-order valence-electron chi connectivity index (χ3n) is 6.42. The lowest BCUT2D eigenvalue weighted by molar-refractivity contribution is 0.170. The Labute approximate surface area is 176 Å². The molecule has 1 atom stereocenters. The van der Waals surface area contributed by atoms with E-state index in [4.69, 9.17) is 14.7 Å². The van der Waals surface area contributed by atoms with Crippen LogP contribution in [0.3, 0.4) is 0 Å². The van der Waals surface area contributed by atoms with Crippen molar-refractivity contribution in [1.82, 2.24) is 9.97 Å². The minimum absolute atomic E-state index is 0.169. The van der Waals surface area contributed by atoms with Crippen molar-refractivity contribution in [2.75, 3.05) is 18.0 Å². The predicted octanol–water partition coefficient (Wildman–Crippen LogP) is 6.06. The van der Waals surface area contributed by atoms with Crippen LogP contribution in [-0.4, -0.2) is 29.2 Å². The van der Waals surface area contributed by atoms with Crippen LogP contribution in [-0.2, 0) is 6.42 Å². The molecule has 3 heterocycles. The highest BCUT2D eigenvalue weighted by molar-refractivity contribution is 5.79. The van der Waals surface area contributed by atoms with Crippen molar-refractivity contribution in [3.63, 3.8) is 0 Å². The van der Waals surface area contributed by atoms with Gasteiger partial charge in [0.1, 0.15) is 5.75 Å². The molecule has 1 fully saturated rings. The van der Waals surface area contributed by atoms with E-state index in [1.54, 1.807) is 0 Å². The second-order valence-corrected chi connectivity index (χ2v) is 9.54. The van der Waals surface area contributed by atoms with Crippen LogP contribution in [0.25, 0.3) is 11.3 Å². The van der Waals surface area contributed by atoms with Crippen molar-refractivity contribution in [2.45, 2.75) is 73.8 Å². The van der Waals surface area contributed by atoms with Crippen LogP contribution in [0, 0.1) is 18.3 Å². The standard InChI is InChI=1S/C25H37N3O/c1-8-21-18(4)26-16-22(24(21)28-13-11-25(6,7)12-14-28)23-10-9-20(15-27-23)29-19(5)17(2)3/h9-10,15-17,19H,8,11-14H2,1-7H3. The maximum absolute atomic E-state index is 6.01. The van der Waals surface area contributed by atoms with E-state index in [0.29, 0.717) is 11.3 Å². The fraction of sp³-hybridized carbons (Fsp3) is 0.600. The van der Waals surface area contributed by atoms with Crippen LogP contribution in [0.5, 0.6) is 5.75 Å². The van der Waals surface area contributed by atoms with Crippen molar-refractivity contribution < 1.29 is 4.74 Å². The Hall–Kier alpha value is -2.10. The van der Waals surface area contributed by atoms with Gasteiger partial charge < -0.3 is 9.64 Å². The van der Waals surface area contributed by atoms with Gasteiger partial charge in [0.05, 0.1) is 23.7 Å². The number of nitrogens with zero attached hydrogens (tertiary/aromatic N) is 3. The highest BCUT2D eigenvalue weighted by Crippen LogP contribution is 2.39. The molecule has 1 unspecified atom stereocenters. The van der Waals surface area contributed by atoms with Gasteiger partial charge in [0, 0.05) is 30.5 Å². The van der Waals surface area contributed by atoms with Gasteiger partial charge in [-0.25, -0.2) is 0 Å². The van der Waals surface area contributed by atoms with Crippen molar-refractivity contribution in [3.05, 3.63) is 35.8 Å². The molecular formula is C25H37N3O. The zero-order valence-corrected chi connectivity index (χ0v) is 19.2. The van der Waals surface area contributed by atoms with Gasteiger partial charge in [-0.15, -0.1) is 0 Å². The van der Waals surface area contributed by atoms with Crippen molar-refractivity contribution >= 4 is 5.69 Å². The van der Waals surface area contributed by atoms with Crippen LogP contribution in [0.2, 0.25) is 0 Å². The molecule has 0 aromatic carbocycles. The number of aryl methyl sites for hydroxylation is 1. The van der Waals surface area contributed by atoms with E-state index in [1.165, 1.54) is 24.1 Å². The molecular weight excluding hydrogens is 358 g/mol. The SMILES string of the molecule is CCc1c(C)ncc(-c2ccc(OC(C)C(C)C)cn2)c1N1CCC(C)(C)CC1. The fourth-order valence-corrected chi connectivity index (χ4v) is 3.90. The molecule has 1 aliphatic heterocycles. The molecule has 0 amide bonds. The maximum Gasteiger partial charge on any atom is 0.138 e. The van der Waals surface area contributed by atoms with Crippen LogP contribution in [0.1, 0.15) is 65.6 Å². The first-order chi connectivity index (χ1) is 13.7. The van der Waals surface area contributed by atoms with E-state index in [0.717, 1.165) is 42.2 Å². The minimum atomic E-state index is 0.169. The highest BCUT2D eigenvalue weighted by atomic mass is 16.5. The third-order valence-corrected chi connectivity index (χ3v) is 6.42. The molecule has 29 heavy (non-hydrogen) atoms. The van der Waals surface area contributed by atoms with Crippen LogP contribution in [0.4, 0.5) is 5.69 Å². The van der Waals surface area contributed by atoms with Gasteiger partial charge in [-0.2, -0.15) is 0 Å². The van der Waals surface area contributed by atoms with Crippen molar-refractivity contribution in [1.29, 1.82) is 0 Å². The lowest BCUT2D eigenvalue weighted by Gasteiger charge is -2.40. The normalized spacial score (nSPS) is 17.4. The number of hydrogen-bond donors (Lipinski definition) is 0. The molecule has 0 aliphatic carbocycles. The summed E-state index contributed by atoms with van der Waals surface area (Å²) < 4.78 is 6.01. The monoisotopic (exact) mass is 395 g/mol. The highest BCUT2D eigenvalue weighted by Gasteiger charge is 2.28. The molecule has 0 N–H and O–H groups in total. The second kappa shape index (κ2) is 8.73. The molecule has 3 rings (SSSR count). The largest absolute Gasteiger partial charge is 0.489 e. The summed E-state index contributed by atoms with van der Waals surface area (Å²) in [5.41, 5.74) is 6.33. The summed E-state index contributed by atoms with van der Waals surface area (Å²) in [6.07, 6.45) is 7.43. The first-order valence-corrected chi connectivity index (χ1v) is 11.1. The Morgan fingerprint density at radius 2 is 1.76 bits per heavy atom. The number of piperidine rings is 1. The summed E-state index contributed by atoms with van der Waals surface area (Å²) in [6.45, 7) is 17.7. The van der Waals surface area contributed by atoms with E-state index in [1.807, 2.05) is 18.5 Å². The number of ether oxygens (including phenoxy) is 1. The average Bonchev–Trinajstić information content (AvgIpc) is 2.68. The molecule has 0 saturated carbocycles. The lowest BCUT2D eigenvalue weighted by atomic mass is 9.82. The molecule has 0 bridgehead atoms. The molecule has 0 spiro atoms. The van der Waals surface area contributed by atoms with Crippen molar-refractivity contribution in [2.24, 2.45) is 11.3 Å². The molecule has 2 aromatic rings. The van der Waals surface area contributed by atoms with Gasteiger partial charge in [-0.1, -0.05) is 34.6 Å². The molecule has 4 nitrogen and oxygen atoms in total. The molecule has 1 saturated heterocycles. The van der Waals surface area contributed by atoms with Gasteiger partial charge in [0.25, 0.3) is 0 Å². The summed E-state index contributed by atoms with van der Waals surface area (Å²) in [5, 5.41) is 0. The number of rotatable bonds is 6. The van der Waals surface area contributed by atoms with E-state index in [2.05, 4.69) is 59.4 Å². The molecule has 158 valence electrons. The summed E-state index contributed by atoms with van der Waals surface area (Å²) >= 11 is 0. The zero-order valence-electron chi connectivity index (χ0n) is 19.2. The van der Waals surface area contributed by atoms with Gasteiger partial charge in [0.15, 0.2) is 0 Å². The molecule has 4 heteroatoms. The average molecular weight is 396 g/mol. The summed E-state index contributed by atoms with van der Waals surface area (Å²) in [4.78, 5) is 12.0. The van der Waals surface area contributed by atoms with Crippen LogP contribution < -0.4 is 9.64 Å². The van der Waals surface area contributed by atoms with E-state index in [-0.39, 0.29) is 6.10 Å². The van der Waals surface area contributed by atoms with Crippen LogP contribution in [0.15, 0.2) is 24.5 Å². The quantitative estimate of drug-likeness (QED) is 0.595.